The Hall–Kier alpha value is -0.120. The molecule has 2 rings (SSSR count). The third kappa shape index (κ3) is 2.92. The molecule has 2 aliphatic rings. The van der Waals surface area contributed by atoms with E-state index in [1.807, 2.05) is 0 Å². The SMILES string of the molecule is CC(C)(C)N1CC(CN2CCOCC2)C1. The van der Waals surface area contributed by atoms with Gasteiger partial charge in [-0.05, 0) is 26.7 Å². The van der Waals surface area contributed by atoms with Crippen LogP contribution in [0.5, 0.6) is 0 Å². The molecule has 88 valence electrons. The molecule has 3 heteroatoms. The normalized spacial score (nSPS) is 26.6. The smallest absolute Gasteiger partial charge is 0.0594 e. The number of morpholine rings is 1. The van der Waals surface area contributed by atoms with Crippen LogP contribution in [0.2, 0.25) is 0 Å². The van der Waals surface area contributed by atoms with Crippen molar-refractivity contribution in [2.45, 2.75) is 26.3 Å². The lowest BCUT2D eigenvalue weighted by atomic mass is 9.92. The molecule has 0 amide bonds. The topological polar surface area (TPSA) is 15.7 Å². The van der Waals surface area contributed by atoms with Crippen LogP contribution in [0.15, 0.2) is 0 Å². The molecule has 2 fully saturated rings. The van der Waals surface area contributed by atoms with Crippen molar-refractivity contribution < 1.29 is 4.74 Å². The average Bonchev–Trinajstić information content (AvgIpc) is 2.10. The van der Waals surface area contributed by atoms with Crippen LogP contribution >= 0.6 is 0 Å². The van der Waals surface area contributed by atoms with Gasteiger partial charge < -0.3 is 4.74 Å². The molecule has 0 saturated carbocycles. The molecule has 0 atom stereocenters. The summed E-state index contributed by atoms with van der Waals surface area (Å²) in [6.07, 6.45) is 0. The van der Waals surface area contributed by atoms with E-state index in [9.17, 15) is 0 Å². The lowest BCUT2D eigenvalue weighted by molar-refractivity contribution is -0.0238. The number of ether oxygens (including phenoxy) is 1. The lowest BCUT2D eigenvalue weighted by Crippen LogP contribution is -2.59. The molecule has 3 nitrogen and oxygen atoms in total. The molecule has 0 radical (unpaired) electrons. The molecule has 0 N–H and O–H groups in total. The summed E-state index contributed by atoms with van der Waals surface area (Å²) in [6.45, 7) is 14.9. The molecule has 0 spiro atoms. The predicted molar refractivity (Wildman–Crippen MR) is 62.1 cm³/mol. The summed E-state index contributed by atoms with van der Waals surface area (Å²) in [5, 5.41) is 0. The zero-order valence-electron chi connectivity index (χ0n) is 10.3. The first-order valence-electron chi connectivity index (χ1n) is 6.11. The molecular formula is C12H24N2O. The highest BCUT2D eigenvalue weighted by Crippen LogP contribution is 2.25. The number of hydrogen-bond donors (Lipinski definition) is 0. The van der Waals surface area contributed by atoms with Gasteiger partial charge in [-0.25, -0.2) is 0 Å². The van der Waals surface area contributed by atoms with Gasteiger partial charge in [0.2, 0.25) is 0 Å². The fourth-order valence-corrected chi connectivity index (χ4v) is 2.38. The van der Waals surface area contributed by atoms with E-state index in [2.05, 4.69) is 30.6 Å². The van der Waals surface area contributed by atoms with Crippen LogP contribution in [0.4, 0.5) is 0 Å². The van der Waals surface area contributed by atoms with E-state index < -0.39 is 0 Å². The Kier molecular flexibility index (Phi) is 3.33. The van der Waals surface area contributed by atoms with Crippen LogP contribution in [0.1, 0.15) is 20.8 Å². The fraction of sp³-hybridized carbons (Fsp3) is 1.00. The Morgan fingerprint density at radius 3 is 2.27 bits per heavy atom. The second-order valence-electron chi connectivity index (χ2n) is 5.85. The molecule has 15 heavy (non-hydrogen) atoms. The highest BCUT2D eigenvalue weighted by molar-refractivity contribution is 4.90. The summed E-state index contributed by atoms with van der Waals surface area (Å²) < 4.78 is 5.36. The van der Waals surface area contributed by atoms with E-state index in [1.54, 1.807) is 0 Å². The van der Waals surface area contributed by atoms with Crippen LogP contribution in [0.3, 0.4) is 0 Å². The molecule has 0 bridgehead atoms. The molecule has 2 saturated heterocycles. The van der Waals surface area contributed by atoms with Gasteiger partial charge in [-0.1, -0.05) is 0 Å². The van der Waals surface area contributed by atoms with Crippen molar-refractivity contribution in [1.29, 1.82) is 0 Å². The Bertz CT molecular complexity index is 200. The van der Waals surface area contributed by atoms with Crippen molar-refractivity contribution in [1.82, 2.24) is 9.80 Å². The zero-order chi connectivity index (χ0) is 10.9. The maximum Gasteiger partial charge on any atom is 0.0594 e. The van der Waals surface area contributed by atoms with Gasteiger partial charge in [0.15, 0.2) is 0 Å². The van der Waals surface area contributed by atoms with Crippen molar-refractivity contribution in [2.24, 2.45) is 5.92 Å². The number of rotatable bonds is 2. The Morgan fingerprint density at radius 1 is 1.13 bits per heavy atom. The summed E-state index contributed by atoms with van der Waals surface area (Å²) >= 11 is 0. The van der Waals surface area contributed by atoms with Crippen LogP contribution in [-0.2, 0) is 4.74 Å². The summed E-state index contributed by atoms with van der Waals surface area (Å²) in [5.74, 6) is 0.891. The van der Waals surface area contributed by atoms with Gasteiger partial charge in [-0.3, -0.25) is 9.80 Å². The Balaban J connectivity index is 1.67. The van der Waals surface area contributed by atoms with Gasteiger partial charge in [0, 0.05) is 38.3 Å². The Morgan fingerprint density at radius 2 is 1.73 bits per heavy atom. The minimum atomic E-state index is 0.363. The van der Waals surface area contributed by atoms with Gasteiger partial charge in [-0.2, -0.15) is 0 Å². The third-order valence-electron chi connectivity index (χ3n) is 3.53. The molecule has 0 aromatic rings. The molecule has 0 aromatic heterocycles. The standard InChI is InChI=1S/C12H24N2O/c1-12(2,3)14-9-11(10-14)8-13-4-6-15-7-5-13/h11H,4-10H2,1-3H3. The third-order valence-corrected chi connectivity index (χ3v) is 3.53. The minimum Gasteiger partial charge on any atom is -0.379 e. The van der Waals surface area contributed by atoms with E-state index in [0.717, 1.165) is 32.2 Å². The van der Waals surface area contributed by atoms with Gasteiger partial charge in [0.05, 0.1) is 13.2 Å². The molecule has 0 aliphatic carbocycles. The van der Waals surface area contributed by atoms with Gasteiger partial charge in [0.25, 0.3) is 0 Å². The van der Waals surface area contributed by atoms with E-state index in [1.165, 1.54) is 19.6 Å². The highest BCUT2D eigenvalue weighted by atomic mass is 16.5. The molecular weight excluding hydrogens is 188 g/mol. The lowest BCUT2D eigenvalue weighted by Gasteiger charge is -2.49. The summed E-state index contributed by atoms with van der Waals surface area (Å²) in [5.41, 5.74) is 0.363. The second-order valence-corrected chi connectivity index (χ2v) is 5.85. The maximum atomic E-state index is 5.36. The van der Waals surface area contributed by atoms with Crippen molar-refractivity contribution >= 4 is 0 Å². The zero-order valence-corrected chi connectivity index (χ0v) is 10.3. The molecule has 0 unspecified atom stereocenters. The van der Waals surface area contributed by atoms with Crippen LogP contribution < -0.4 is 0 Å². The van der Waals surface area contributed by atoms with E-state index in [0.29, 0.717) is 5.54 Å². The van der Waals surface area contributed by atoms with Crippen molar-refractivity contribution in [2.75, 3.05) is 45.9 Å². The monoisotopic (exact) mass is 212 g/mol. The van der Waals surface area contributed by atoms with Gasteiger partial charge in [0.1, 0.15) is 0 Å². The first-order valence-corrected chi connectivity index (χ1v) is 6.11. The number of likely N-dealkylation sites (tertiary alicyclic amines) is 1. The number of hydrogen-bond acceptors (Lipinski definition) is 3. The van der Waals surface area contributed by atoms with Crippen LogP contribution in [-0.4, -0.2) is 61.3 Å². The predicted octanol–water partition coefficient (Wildman–Crippen LogP) is 1.05. The number of nitrogens with zero attached hydrogens (tertiary/aromatic N) is 2. The van der Waals surface area contributed by atoms with Crippen molar-refractivity contribution in [3.05, 3.63) is 0 Å². The van der Waals surface area contributed by atoms with E-state index in [-0.39, 0.29) is 0 Å². The average molecular weight is 212 g/mol. The van der Waals surface area contributed by atoms with Gasteiger partial charge >= 0.3 is 0 Å². The highest BCUT2D eigenvalue weighted by Gasteiger charge is 2.35. The quantitative estimate of drug-likeness (QED) is 0.680. The maximum absolute atomic E-state index is 5.36. The van der Waals surface area contributed by atoms with Crippen LogP contribution in [0.25, 0.3) is 0 Å². The molecule has 2 aliphatic heterocycles. The Labute approximate surface area is 93.4 Å². The summed E-state index contributed by atoms with van der Waals surface area (Å²) in [4.78, 5) is 5.12. The van der Waals surface area contributed by atoms with Crippen molar-refractivity contribution in [3.63, 3.8) is 0 Å². The summed E-state index contributed by atoms with van der Waals surface area (Å²) in [7, 11) is 0. The molecule has 0 aromatic carbocycles. The summed E-state index contributed by atoms with van der Waals surface area (Å²) in [6, 6.07) is 0. The van der Waals surface area contributed by atoms with Crippen LogP contribution in [0, 0.1) is 5.92 Å². The fourth-order valence-electron chi connectivity index (χ4n) is 2.38. The largest absolute Gasteiger partial charge is 0.379 e. The minimum absolute atomic E-state index is 0.363. The first kappa shape index (κ1) is 11.4. The van der Waals surface area contributed by atoms with E-state index >= 15 is 0 Å². The van der Waals surface area contributed by atoms with Crippen molar-refractivity contribution in [3.8, 4) is 0 Å². The molecule has 2 heterocycles. The van der Waals surface area contributed by atoms with E-state index in [4.69, 9.17) is 4.74 Å². The second kappa shape index (κ2) is 4.40. The first-order chi connectivity index (χ1) is 7.05. The van der Waals surface area contributed by atoms with Gasteiger partial charge in [-0.15, -0.1) is 0 Å².